The van der Waals surface area contributed by atoms with E-state index in [0.717, 1.165) is 12.0 Å². The topological polar surface area (TPSA) is 81.9 Å². The van der Waals surface area contributed by atoms with E-state index in [9.17, 15) is 8.42 Å². The molecule has 0 spiro atoms. The highest BCUT2D eigenvalue weighted by Gasteiger charge is 2.26. The average Bonchev–Trinajstić information content (AvgIpc) is 2.87. The Morgan fingerprint density at radius 2 is 1.72 bits per heavy atom. The molecule has 6 nitrogen and oxygen atoms in total. The largest absolute Gasteiger partial charge is 0.490 e. The van der Waals surface area contributed by atoms with Crippen LogP contribution in [0.5, 0.6) is 11.5 Å². The Bertz CT molecular complexity index is 809. The molecule has 0 amide bonds. The number of nitrogens with two attached hydrogens (primary N) is 1. The van der Waals surface area contributed by atoms with E-state index in [2.05, 4.69) is 0 Å². The van der Waals surface area contributed by atoms with E-state index in [1.807, 2.05) is 30.3 Å². The molecule has 0 saturated heterocycles. The second-order valence-electron chi connectivity index (χ2n) is 5.77. The van der Waals surface area contributed by atoms with Gasteiger partial charge in [0.15, 0.2) is 11.5 Å². The summed E-state index contributed by atoms with van der Waals surface area (Å²) in [6, 6.07) is 14.2. The molecule has 2 N–H and O–H groups in total. The van der Waals surface area contributed by atoms with Crippen molar-refractivity contribution in [1.82, 2.24) is 4.31 Å². The van der Waals surface area contributed by atoms with Crippen LogP contribution in [0.2, 0.25) is 0 Å². The SMILES string of the molecule is NCCN(Cc1ccccc1)S(=O)(=O)c1ccc2c(c1)OCCCO2. The van der Waals surface area contributed by atoms with Crippen molar-refractivity contribution in [3.05, 3.63) is 54.1 Å². The first-order valence-corrected chi connectivity index (χ1v) is 9.69. The third-order valence-electron chi connectivity index (χ3n) is 3.94. The van der Waals surface area contributed by atoms with Crippen molar-refractivity contribution in [2.24, 2.45) is 5.73 Å². The minimum Gasteiger partial charge on any atom is -0.490 e. The molecule has 2 aromatic rings. The zero-order chi connectivity index (χ0) is 17.7. The van der Waals surface area contributed by atoms with Crippen molar-refractivity contribution in [2.75, 3.05) is 26.3 Å². The molecule has 1 aliphatic rings. The molecule has 2 aromatic carbocycles. The lowest BCUT2D eigenvalue weighted by Gasteiger charge is -2.22. The molecule has 1 aliphatic heterocycles. The number of hydrogen-bond donors (Lipinski definition) is 1. The molecule has 1 heterocycles. The minimum absolute atomic E-state index is 0.182. The van der Waals surface area contributed by atoms with Gasteiger partial charge >= 0.3 is 0 Å². The summed E-state index contributed by atoms with van der Waals surface area (Å²) in [5.41, 5.74) is 6.55. The molecule has 0 atom stereocenters. The van der Waals surface area contributed by atoms with Gasteiger partial charge in [0.1, 0.15) is 0 Å². The lowest BCUT2D eigenvalue weighted by Crippen LogP contribution is -2.34. The first-order valence-electron chi connectivity index (χ1n) is 8.25. The third kappa shape index (κ3) is 4.12. The summed E-state index contributed by atoms with van der Waals surface area (Å²) >= 11 is 0. The van der Waals surface area contributed by atoms with Crippen LogP contribution in [-0.2, 0) is 16.6 Å². The Morgan fingerprint density at radius 1 is 1.00 bits per heavy atom. The quantitative estimate of drug-likeness (QED) is 0.850. The molecule has 0 aliphatic carbocycles. The number of nitrogens with zero attached hydrogens (tertiary/aromatic N) is 1. The molecule has 0 bridgehead atoms. The fraction of sp³-hybridized carbons (Fsp3) is 0.333. The van der Waals surface area contributed by atoms with Crippen LogP contribution in [-0.4, -0.2) is 39.0 Å². The van der Waals surface area contributed by atoms with Crippen LogP contribution in [0.3, 0.4) is 0 Å². The van der Waals surface area contributed by atoms with Crippen molar-refractivity contribution < 1.29 is 17.9 Å². The van der Waals surface area contributed by atoms with Gasteiger partial charge in [-0.05, 0) is 17.7 Å². The summed E-state index contributed by atoms with van der Waals surface area (Å²) in [5, 5.41) is 0. The molecular weight excluding hydrogens is 340 g/mol. The summed E-state index contributed by atoms with van der Waals surface area (Å²) in [6.45, 7) is 1.83. The monoisotopic (exact) mass is 362 g/mol. The number of ether oxygens (including phenoxy) is 2. The number of hydrogen-bond acceptors (Lipinski definition) is 5. The van der Waals surface area contributed by atoms with Gasteiger partial charge in [-0.3, -0.25) is 0 Å². The molecule has 0 fully saturated rings. The van der Waals surface area contributed by atoms with Gasteiger partial charge < -0.3 is 15.2 Å². The Hall–Kier alpha value is -2.09. The van der Waals surface area contributed by atoms with Gasteiger partial charge in [-0.15, -0.1) is 0 Å². The Morgan fingerprint density at radius 3 is 2.44 bits per heavy atom. The van der Waals surface area contributed by atoms with Crippen LogP contribution < -0.4 is 15.2 Å². The van der Waals surface area contributed by atoms with Gasteiger partial charge in [-0.2, -0.15) is 4.31 Å². The van der Waals surface area contributed by atoms with E-state index in [1.165, 1.54) is 10.4 Å². The molecule has 7 heteroatoms. The van der Waals surface area contributed by atoms with E-state index < -0.39 is 10.0 Å². The number of benzene rings is 2. The van der Waals surface area contributed by atoms with Gasteiger partial charge in [-0.1, -0.05) is 30.3 Å². The smallest absolute Gasteiger partial charge is 0.243 e. The highest BCUT2D eigenvalue weighted by molar-refractivity contribution is 7.89. The molecular formula is C18H22N2O4S. The predicted octanol–water partition coefficient (Wildman–Crippen LogP) is 2.00. The minimum atomic E-state index is -3.69. The maximum absolute atomic E-state index is 13.1. The first kappa shape index (κ1) is 17.7. The van der Waals surface area contributed by atoms with E-state index >= 15 is 0 Å². The predicted molar refractivity (Wildman–Crippen MR) is 95.1 cm³/mol. The highest BCUT2D eigenvalue weighted by Crippen LogP contribution is 2.33. The summed E-state index contributed by atoms with van der Waals surface area (Å²) in [4.78, 5) is 0.182. The summed E-state index contributed by atoms with van der Waals surface area (Å²) in [5.74, 6) is 1.04. The number of fused-ring (bicyclic) bond motifs is 1. The van der Waals surface area contributed by atoms with Crippen LogP contribution >= 0.6 is 0 Å². The fourth-order valence-corrected chi connectivity index (χ4v) is 4.13. The second-order valence-corrected chi connectivity index (χ2v) is 7.71. The van der Waals surface area contributed by atoms with Crippen LogP contribution in [0, 0.1) is 0 Å². The average molecular weight is 362 g/mol. The van der Waals surface area contributed by atoms with Crippen LogP contribution in [0.15, 0.2) is 53.4 Å². The molecule has 134 valence electrons. The van der Waals surface area contributed by atoms with Gasteiger partial charge in [0, 0.05) is 32.1 Å². The molecule has 25 heavy (non-hydrogen) atoms. The van der Waals surface area contributed by atoms with Crippen LogP contribution in [0.1, 0.15) is 12.0 Å². The van der Waals surface area contributed by atoms with Crippen molar-refractivity contribution >= 4 is 10.0 Å². The van der Waals surface area contributed by atoms with Crippen LogP contribution in [0.4, 0.5) is 0 Å². The van der Waals surface area contributed by atoms with Crippen LogP contribution in [0.25, 0.3) is 0 Å². The van der Waals surface area contributed by atoms with Gasteiger partial charge in [0.2, 0.25) is 10.0 Å². The molecule has 0 unspecified atom stereocenters. The van der Waals surface area contributed by atoms with Crippen molar-refractivity contribution in [2.45, 2.75) is 17.9 Å². The fourth-order valence-electron chi connectivity index (χ4n) is 2.67. The Kier molecular flexibility index (Phi) is 5.57. The zero-order valence-corrected chi connectivity index (χ0v) is 14.7. The number of rotatable bonds is 6. The zero-order valence-electron chi connectivity index (χ0n) is 13.9. The van der Waals surface area contributed by atoms with Gasteiger partial charge in [0.05, 0.1) is 18.1 Å². The summed E-state index contributed by atoms with van der Waals surface area (Å²) < 4.78 is 38.7. The van der Waals surface area contributed by atoms with E-state index in [1.54, 1.807) is 12.1 Å². The lowest BCUT2D eigenvalue weighted by molar-refractivity contribution is 0.296. The number of sulfonamides is 1. The summed E-state index contributed by atoms with van der Waals surface area (Å²) in [7, 11) is -3.69. The van der Waals surface area contributed by atoms with Crippen molar-refractivity contribution in [3.8, 4) is 11.5 Å². The lowest BCUT2D eigenvalue weighted by atomic mass is 10.2. The van der Waals surface area contributed by atoms with Gasteiger partial charge in [0.25, 0.3) is 0 Å². The molecule has 0 radical (unpaired) electrons. The van der Waals surface area contributed by atoms with Crippen molar-refractivity contribution in [3.63, 3.8) is 0 Å². The maximum Gasteiger partial charge on any atom is 0.243 e. The standard InChI is InChI=1S/C18H22N2O4S/c19-9-10-20(14-15-5-2-1-3-6-15)25(21,22)16-7-8-17-18(13-16)24-12-4-11-23-17/h1-3,5-8,13H,4,9-12,14,19H2. The second kappa shape index (κ2) is 7.86. The molecule has 0 saturated carbocycles. The summed E-state index contributed by atoms with van der Waals surface area (Å²) in [6.07, 6.45) is 0.768. The molecule has 3 rings (SSSR count). The van der Waals surface area contributed by atoms with Crippen molar-refractivity contribution in [1.29, 1.82) is 0 Å². The van der Waals surface area contributed by atoms with E-state index in [0.29, 0.717) is 24.7 Å². The Labute approximate surface area is 148 Å². The first-order chi connectivity index (χ1) is 12.1. The van der Waals surface area contributed by atoms with E-state index in [-0.39, 0.29) is 24.5 Å². The Balaban J connectivity index is 1.91. The molecule has 0 aromatic heterocycles. The van der Waals surface area contributed by atoms with E-state index in [4.69, 9.17) is 15.2 Å². The third-order valence-corrected chi connectivity index (χ3v) is 5.78. The highest BCUT2D eigenvalue weighted by atomic mass is 32.2. The van der Waals surface area contributed by atoms with Gasteiger partial charge in [-0.25, -0.2) is 8.42 Å². The normalized spacial score (nSPS) is 14.3. The maximum atomic E-state index is 13.1.